The molecule has 0 N–H and O–H groups in total. The number of rotatable bonds is 8. The molecular weight excluding hydrogens is 378 g/mol. The van der Waals surface area contributed by atoms with Gasteiger partial charge < -0.3 is 14.2 Å². The summed E-state index contributed by atoms with van der Waals surface area (Å²) < 4.78 is 39.1. The maximum Gasteiger partial charge on any atom is 0.387 e. The Morgan fingerprint density at radius 3 is 2.59 bits per heavy atom. The van der Waals surface area contributed by atoms with Crippen LogP contribution in [0.25, 0.3) is 6.08 Å². The standard InChI is InChI=1S/C20H15ClF2O4/c1-3-10-26-19-16(21)11-13(12-18(19)25-2)4-9-17(24)14-5-7-15(8-6-14)27-20(22)23/h1,4-9,11-12,20H,10H2,2H3/b9-4+. The van der Waals surface area contributed by atoms with Crippen molar-refractivity contribution in [3.05, 3.63) is 58.6 Å². The zero-order valence-corrected chi connectivity index (χ0v) is 15.0. The molecule has 2 aromatic carbocycles. The summed E-state index contributed by atoms with van der Waals surface area (Å²) in [5.41, 5.74) is 0.927. The molecule has 0 spiro atoms. The Morgan fingerprint density at radius 2 is 2.00 bits per heavy atom. The van der Waals surface area contributed by atoms with Gasteiger partial charge in [-0.1, -0.05) is 23.6 Å². The van der Waals surface area contributed by atoms with Gasteiger partial charge in [0, 0.05) is 5.56 Å². The summed E-state index contributed by atoms with van der Waals surface area (Å²) in [6.45, 7) is -2.88. The Bertz CT molecular complexity index is 871. The molecule has 0 aliphatic rings. The van der Waals surface area contributed by atoms with Crippen LogP contribution in [0.2, 0.25) is 5.02 Å². The van der Waals surface area contributed by atoms with E-state index in [0.29, 0.717) is 22.6 Å². The Kier molecular flexibility index (Phi) is 7.21. The van der Waals surface area contributed by atoms with Crippen LogP contribution in [0.15, 0.2) is 42.5 Å². The minimum absolute atomic E-state index is 0.0235. The number of halogens is 3. The molecule has 27 heavy (non-hydrogen) atoms. The van der Waals surface area contributed by atoms with Gasteiger partial charge in [-0.15, -0.1) is 6.42 Å². The van der Waals surface area contributed by atoms with Crippen molar-refractivity contribution in [3.8, 4) is 29.6 Å². The minimum atomic E-state index is -2.92. The average molecular weight is 393 g/mol. The van der Waals surface area contributed by atoms with Crippen LogP contribution in [0.4, 0.5) is 8.78 Å². The molecule has 7 heteroatoms. The topological polar surface area (TPSA) is 44.8 Å². The second kappa shape index (κ2) is 9.60. The average Bonchev–Trinajstić information content (AvgIpc) is 2.65. The van der Waals surface area contributed by atoms with E-state index in [0.717, 1.165) is 0 Å². The van der Waals surface area contributed by atoms with Crippen LogP contribution in [-0.2, 0) is 0 Å². The van der Waals surface area contributed by atoms with E-state index in [9.17, 15) is 13.6 Å². The fourth-order valence-corrected chi connectivity index (χ4v) is 2.43. The number of allylic oxidation sites excluding steroid dienone is 1. The van der Waals surface area contributed by atoms with Crippen LogP contribution in [0.1, 0.15) is 15.9 Å². The van der Waals surface area contributed by atoms with Gasteiger partial charge in [-0.2, -0.15) is 8.78 Å². The quantitative estimate of drug-likeness (QED) is 0.365. The maximum atomic E-state index is 12.2. The lowest BCUT2D eigenvalue weighted by Crippen LogP contribution is -2.02. The molecule has 0 atom stereocenters. The molecule has 0 heterocycles. The van der Waals surface area contributed by atoms with E-state index < -0.39 is 6.61 Å². The zero-order valence-electron chi connectivity index (χ0n) is 14.2. The molecule has 0 aromatic heterocycles. The summed E-state index contributed by atoms with van der Waals surface area (Å²) in [7, 11) is 1.45. The molecule has 0 bridgehead atoms. The smallest absolute Gasteiger partial charge is 0.387 e. The van der Waals surface area contributed by atoms with Crippen LogP contribution in [0, 0.1) is 12.3 Å². The molecule has 0 unspecified atom stereocenters. The van der Waals surface area contributed by atoms with Gasteiger partial charge in [0.15, 0.2) is 17.3 Å². The minimum Gasteiger partial charge on any atom is -0.493 e. The molecule has 0 amide bonds. The van der Waals surface area contributed by atoms with Crippen molar-refractivity contribution < 1.29 is 27.8 Å². The first-order chi connectivity index (χ1) is 12.9. The molecule has 0 saturated carbocycles. The van der Waals surface area contributed by atoms with Crippen molar-refractivity contribution in [1.82, 2.24) is 0 Å². The summed E-state index contributed by atoms with van der Waals surface area (Å²) >= 11 is 6.17. The molecule has 0 fully saturated rings. The van der Waals surface area contributed by atoms with Crippen molar-refractivity contribution in [2.75, 3.05) is 13.7 Å². The van der Waals surface area contributed by atoms with Crippen LogP contribution in [-0.4, -0.2) is 26.1 Å². The number of benzene rings is 2. The first kappa shape index (κ1) is 20.3. The molecule has 2 rings (SSSR count). The van der Waals surface area contributed by atoms with E-state index in [4.69, 9.17) is 27.5 Å². The second-order valence-electron chi connectivity index (χ2n) is 5.13. The third kappa shape index (κ3) is 5.73. The lowest BCUT2D eigenvalue weighted by atomic mass is 10.1. The summed E-state index contributed by atoms with van der Waals surface area (Å²) in [6, 6.07) is 8.62. The summed E-state index contributed by atoms with van der Waals surface area (Å²) in [5.74, 6) is 2.68. The molecule has 2 aromatic rings. The van der Waals surface area contributed by atoms with Crippen molar-refractivity contribution in [2.45, 2.75) is 6.61 Å². The highest BCUT2D eigenvalue weighted by Crippen LogP contribution is 2.36. The van der Waals surface area contributed by atoms with Gasteiger partial charge in [0.1, 0.15) is 12.4 Å². The van der Waals surface area contributed by atoms with E-state index >= 15 is 0 Å². The summed E-state index contributed by atoms with van der Waals surface area (Å²) in [5, 5.41) is 0.283. The van der Waals surface area contributed by atoms with Crippen molar-refractivity contribution in [3.63, 3.8) is 0 Å². The summed E-state index contributed by atoms with van der Waals surface area (Å²) in [4.78, 5) is 12.2. The van der Waals surface area contributed by atoms with Crippen LogP contribution in [0.3, 0.4) is 0 Å². The van der Waals surface area contributed by atoms with Crippen LogP contribution in [0.5, 0.6) is 17.2 Å². The fraction of sp³-hybridized carbons (Fsp3) is 0.150. The van der Waals surface area contributed by atoms with Gasteiger partial charge in [0.2, 0.25) is 0 Å². The molecule has 0 radical (unpaired) electrons. The highest BCUT2D eigenvalue weighted by molar-refractivity contribution is 6.32. The first-order valence-corrected chi connectivity index (χ1v) is 8.03. The number of carbonyl (C=O) groups excluding carboxylic acids is 1. The van der Waals surface area contributed by atoms with Crippen LogP contribution < -0.4 is 14.2 Å². The van der Waals surface area contributed by atoms with Gasteiger partial charge in [-0.3, -0.25) is 4.79 Å². The Morgan fingerprint density at radius 1 is 1.30 bits per heavy atom. The predicted octanol–water partition coefficient (Wildman–Crippen LogP) is 4.86. The third-order valence-corrected chi connectivity index (χ3v) is 3.62. The molecule has 0 aliphatic carbocycles. The molecular formula is C20H15ClF2O4. The lowest BCUT2D eigenvalue weighted by molar-refractivity contribution is -0.0498. The van der Waals surface area contributed by atoms with Crippen LogP contribution >= 0.6 is 11.6 Å². The number of ether oxygens (including phenoxy) is 3. The second-order valence-corrected chi connectivity index (χ2v) is 5.53. The van der Waals surface area contributed by atoms with Gasteiger partial charge in [0.25, 0.3) is 0 Å². The van der Waals surface area contributed by atoms with Crippen molar-refractivity contribution in [2.24, 2.45) is 0 Å². The SMILES string of the molecule is C#CCOc1c(Cl)cc(/C=C/C(=O)c2ccc(OC(F)F)cc2)cc1OC. The van der Waals surface area contributed by atoms with Crippen molar-refractivity contribution in [1.29, 1.82) is 0 Å². The molecule has 4 nitrogen and oxygen atoms in total. The molecule has 140 valence electrons. The Balaban J connectivity index is 2.16. The van der Waals surface area contributed by atoms with Gasteiger partial charge in [-0.25, -0.2) is 0 Å². The number of hydrogen-bond acceptors (Lipinski definition) is 4. The maximum absolute atomic E-state index is 12.2. The third-order valence-electron chi connectivity index (χ3n) is 3.34. The number of terminal acetylenes is 1. The highest BCUT2D eigenvalue weighted by atomic mass is 35.5. The molecule has 0 saturated heterocycles. The van der Waals surface area contributed by atoms with E-state index in [1.807, 2.05) is 0 Å². The number of hydrogen-bond donors (Lipinski definition) is 0. The Labute approximate surface area is 160 Å². The largest absolute Gasteiger partial charge is 0.493 e. The Hall–Kier alpha value is -3.04. The number of carbonyl (C=O) groups is 1. The molecule has 0 aliphatic heterocycles. The number of alkyl halides is 2. The van der Waals surface area contributed by atoms with E-state index in [1.165, 1.54) is 37.5 Å². The lowest BCUT2D eigenvalue weighted by Gasteiger charge is -2.11. The van der Waals surface area contributed by atoms with E-state index in [-0.39, 0.29) is 23.2 Å². The number of ketones is 1. The predicted molar refractivity (Wildman–Crippen MR) is 98.8 cm³/mol. The van der Waals surface area contributed by atoms with E-state index in [1.54, 1.807) is 18.2 Å². The van der Waals surface area contributed by atoms with Gasteiger partial charge in [0.05, 0.1) is 12.1 Å². The highest BCUT2D eigenvalue weighted by Gasteiger charge is 2.11. The van der Waals surface area contributed by atoms with E-state index in [2.05, 4.69) is 10.7 Å². The zero-order chi connectivity index (χ0) is 19.8. The van der Waals surface area contributed by atoms with Gasteiger partial charge in [-0.05, 0) is 48.0 Å². The fourth-order valence-electron chi connectivity index (χ4n) is 2.16. The van der Waals surface area contributed by atoms with Crippen molar-refractivity contribution >= 4 is 23.5 Å². The normalized spacial score (nSPS) is 10.7. The first-order valence-electron chi connectivity index (χ1n) is 7.65. The van der Waals surface area contributed by atoms with Gasteiger partial charge >= 0.3 is 6.61 Å². The monoisotopic (exact) mass is 392 g/mol. The number of methoxy groups -OCH3 is 1. The summed E-state index contributed by atoms with van der Waals surface area (Å²) in [6.07, 6.45) is 8.04.